The highest BCUT2D eigenvalue weighted by atomic mass is 32.2. The van der Waals surface area contributed by atoms with Crippen molar-refractivity contribution in [3.05, 3.63) is 23.8 Å². The van der Waals surface area contributed by atoms with E-state index in [0.717, 1.165) is 50.3 Å². The van der Waals surface area contributed by atoms with E-state index in [1.165, 1.54) is 10.5 Å². The number of hydrogen-bond donors (Lipinski definition) is 1. The predicted molar refractivity (Wildman–Crippen MR) is 76.7 cm³/mol. The maximum absolute atomic E-state index is 11.5. The largest absolute Gasteiger partial charge is 0.492 e. The second kappa shape index (κ2) is 5.87. The third-order valence-electron chi connectivity index (χ3n) is 3.52. The summed E-state index contributed by atoms with van der Waals surface area (Å²) < 4.78 is 5.66. The number of hydrogen-bond acceptors (Lipinski definition) is 3. The first-order valence-corrected chi connectivity index (χ1v) is 7.98. The first kappa shape index (κ1) is 12.9. The number of nitrogens with one attached hydrogen (secondary N) is 1. The fourth-order valence-corrected chi connectivity index (χ4v) is 3.31. The first-order chi connectivity index (χ1) is 9.34. The van der Waals surface area contributed by atoms with Crippen molar-refractivity contribution in [2.75, 3.05) is 18.9 Å². The summed E-state index contributed by atoms with van der Waals surface area (Å²) in [5, 5.41) is 3.02. The number of thioether (sulfide) groups is 1. The number of amides is 1. The summed E-state index contributed by atoms with van der Waals surface area (Å²) in [6.45, 7) is 1.59. The Labute approximate surface area is 118 Å². The van der Waals surface area contributed by atoms with Gasteiger partial charge in [-0.2, -0.15) is 0 Å². The molecule has 0 saturated heterocycles. The van der Waals surface area contributed by atoms with Gasteiger partial charge >= 0.3 is 0 Å². The lowest BCUT2D eigenvalue weighted by Crippen LogP contribution is -2.26. The number of ether oxygens (including phenoxy) is 1. The SMILES string of the molecule is O=C(NCCCc1cccc2c1SCCO2)C1CC1. The Kier molecular flexibility index (Phi) is 3.97. The molecule has 1 heterocycles. The van der Waals surface area contributed by atoms with E-state index in [0.29, 0.717) is 5.92 Å². The molecule has 1 aliphatic heterocycles. The first-order valence-electron chi connectivity index (χ1n) is 7.00. The van der Waals surface area contributed by atoms with Crippen molar-refractivity contribution >= 4 is 17.7 Å². The fourth-order valence-electron chi connectivity index (χ4n) is 2.31. The van der Waals surface area contributed by atoms with Crippen molar-refractivity contribution in [3.8, 4) is 5.75 Å². The molecule has 1 amide bonds. The van der Waals surface area contributed by atoms with Crippen LogP contribution in [-0.2, 0) is 11.2 Å². The van der Waals surface area contributed by atoms with Gasteiger partial charge in [-0.25, -0.2) is 0 Å². The van der Waals surface area contributed by atoms with Crippen molar-refractivity contribution in [3.63, 3.8) is 0 Å². The van der Waals surface area contributed by atoms with Crippen LogP contribution in [0.15, 0.2) is 23.1 Å². The van der Waals surface area contributed by atoms with E-state index in [1.54, 1.807) is 0 Å². The van der Waals surface area contributed by atoms with Gasteiger partial charge in [0.05, 0.1) is 11.5 Å². The predicted octanol–water partition coefficient (Wildman–Crippen LogP) is 2.63. The quantitative estimate of drug-likeness (QED) is 0.841. The smallest absolute Gasteiger partial charge is 0.223 e. The fraction of sp³-hybridized carbons (Fsp3) is 0.533. The monoisotopic (exact) mass is 277 g/mol. The van der Waals surface area contributed by atoms with Gasteiger partial charge in [0.2, 0.25) is 5.91 Å². The van der Waals surface area contributed by atoms with E-state index in [-0.39, 0.29) is 5.91 Å². The highest BCUT2D eigenvalue weighted by molar-refractivity contribution is 7.99. The Morgan fingerprint density at radius 3 is 3.16 bits per heavy atom. The van der Waals surface area contributed by atoms with Crippen LogP contribution in [0.25, 0.3) is 0 Å². The lowest BCUT2D eigenvalue weighted by molar-refractivity contribution is -0.122. The van der Waals surface area contributed by atoms with Gasteiger partial charge in [0.1, 0.15) is 5.75 Å². The molecule has 0 aromatic heterocycles. The summed E-state index contributed by atoms with van der Waals surface area (Å²) in [6, 6.07) is 6.27. The Hall–Kier alpha value is -1.16. The molecule has 0 spiro atoms. The van der Waals surface area contributed by atoms with Gasteiger partial charge in [-0.3, -0.25) is 4.79 Å². The van der Waals surface area contributed by atoms with Crippen LogP contribution < -0.4 is 10.1 Å². The standard InChI is InChI=1S/C15H19NO2S/c17-15(12-6-7-12)16-8-2-4-11-3-1-5-13-14(11)19-10-9-18-13/h1,3,5,12H,2,4,6-10H2,(H,16,17). The highest BCUT2D eigenvalue weighted by Crippen LogP contribution is 2.36. The van der Waals surface area contributed by atoms with E-state index in [9.17, 15) is 4.79 Å². The molecule has 3 rings (SSSR count). The molecule has 1 N–H and O–H groups in total. The van der Waals surface area contributed by atoms with E-state index in [4.69, 9.17) is 4.74 Å². The van der Waals surface area contributed by atoms with E-state index < -0.39 is 0 Å². The van der Waals surface area contributed by atoms with E-state index in [2.05, 4.69) is 17.4 Å². The van der Waals surface area contributed by atoms with Gasteiger partial charge in [-0.1, -0.05) is 12.1 Å². The molecule has 0 radical (unpaired) electrons. The molecule has 0 bridgehead atoms. The summed E-state index contributed by atoms with van der Waals surface area (Å²) in [4.78, 5) is 12.8. The van der Waals surface area contributed by atoms with Crippen LogP contribution in [0, 0.1) is 5.92 Å². The summed E-state index contributed by atoms with van der Waals surface area (Å²) in [6.07, 6.45) is 4.15. The van der Waals surface area contributed by atoms with Crippen LogP contribution in [0.3, 0.4) is 0 Å². The average Bonchev–Trinajstić information content (AvgIpc) is 3.28. The molecule has 1 aromatic carbocycles. The Bertz CT molecular complexity index is 471. The average molecular weight is 277 g/mol. The van der Waals surface area contributed by atoms with Crippen LogP contribution >= 0.6 is 11.8 Å². The number of carbonyl (C=O) groups is 1. The molecule has 0 atom stereocenters. The Balaban J connectivity index is 1.50. The number of rotatable bonds is 5. The zero-order valence-electron chi connectivity index (χ0n) is 11.0. The third kappa shape index (κ3) is 3.24. The van der Waals surface area contributed by atoms with Crippen molar-refractivity contribution < 1.29 is 9.53 Å². The zero-order valence-corrected chi connectivity index (χ0v) is 11.8. The van der Waals surface area contributed by atoms with Crippen LogP contribution in [-0.4, -0.2) is 24.8 Å². The molecule has 0 unspecified atom stereocenters. The molecule has 19 heavy (non-hydrogen) atoms. The van der Waals surface area contributed by atoms with E-state index in [1.807, 2.05) is 17.8 Å². The summed E-state index contributed by atoms with van der Waals surface area (Å²) in [5.74, 6) is 2.61. The molecule has 1 saturated carbocycles. The summed E-state index contributed by atoms with van der Waals surface area (Å²) in [5.41, 5.74) is 1.35. The number of fused-ring (bicyclic) bond motifs is 1. The minimum Gasteiger partial charge on any atom is -0.492 e. The molecule has 4 heteroatoms. The van der Waals surface area contributed by atoms with Gasteiger partial charge in [0.15, 0.2) is 0 Å². The lowest BCUT2D eigenvalue weighted by atomic mass is 10.1. The topological polar surface area (TPSA) is 38.3 Å². The van der Waals surface area contributed by atoms with Gasteiger partial charge in [-0.15, -0.1) is 11.8 Å². The number of aryl methyl sites for hydroxylation is 1. The van der Waals surface area contributed by atoms with Gasteiger partial charge in [0, 0.05) is 18.2 Å². The van der Waals surface area contributed by atoms with E-state index >= 15 is 0 Å². The molecule has 1 aromatic rings. The van der Waals surface area contributed by atoms with Crippen molar-refractivity contribution in [1.29, 1.82) is 0 Å². The second-order valence-electron chi connectivity index (χ2n) is 5.11. The molecular weight excluding hydrogens is 258 g/mol. The van der Waals surface area contributed by atoms with Gasteiger partial charge < -0.3 is 10.1 Å². The van der Waals surface area contributed by atoms with Gasteiger partial charge in [-0.05, 0) is 37.3 Å². The highest BCUT2D eigenvalue weighted by Gasteiger charge is 2.28. The maximum atomic E-state index is 11.5. The van der Waals surface area contributed by atoms with Crippen LogP contribution in [0.1, 0.15) is 24.8 Å². The molecule has 3 nitrogen and oxygen atoms in total. The van der Waals surface area contributed by atoms with Crippen molar-refractivity contribution in [2.24, 2.45) is 5.92 Å². The number of benzene rings is 1. The molecule has 102 valence electrons. The van der Waals surface area contributed by atoms with Crippen LogP contribution in [0.5, 0.6) is 5.75 Å². The molecule has 1 aliphatic carbocycles. The van der Waals surface area contributed by atoms with Crippen LogP contribution in [0.4, 0.5) is 0 Å². The summed E-state index contributed by atoms with van der Waals surface area (Å²) in [7, 11) is 0. The molecule has 1 fully saturated rings. The Morgan fingerprint density at radius 2 is 2.32 bits per heavy atom. The minimum atomic E-state index is 0.243. The zero-order chi connectivity index (χ0) is 13.1. The van der Waals surface area contributed by atoms with Gasteiger partial charge in [0.25, 0.3) is 0 Å². The minimum absolute atomic E-state index is 0.243. The molecule has 2 aliphatic rings. The normalized spacial score (nSPS) is 17.5. The van der Waals surface area contributed by atoms with Crippen LogP contribution in [0.2, 0.25) is 0 Å². The lowest BCUT2D eigenvalue weighted by Gasteiger charge is -2.19. The Morgan fingerprint density at radius 1 is 1.42 bits per heavy atom. The molecular formula is C15H19NO2S. The second-order valence-corrected chi connectivity index (χ2v) is 6.22. The van der Waals surface area contributed by atoms with Crippen molar-refractivity contribution in [2.45, 2.75) is 30.6 Å². The summed E-state index contributed by atoms with van der Waals surface area (Å²) >= 11 is 1.88. The van der Waals surface area contributed by atoms with Crippen molar-refractivity contribution in [1.82, 2.24) is 5.32 Å². The number of carbonyl (C=O) groups excluding carboxylic acids is 1. The third-order valence-corrected chi connectivity index (χ3v) is 4.64. The maximum Gasteiger partial charge on any atom is 0.223 e.